The van der Waals surface area contributed by atoms with Crippen LogP contribution in [0, 0.1) is 0 Å². The maximum Gasteiger partial charge on any atom is 0.386 e. The molecule has 26 heteroatoms. The van der Waals surface area contributed by atoms with Crippen molar-refractivity contribution in [2.24, 2.45) is 0 Å². The molecule has 4 aromatic heterocycles. The van der Waals surface area contributed by atoms with E-state index in [1.165, 1.54) is 21.8 Å². The van der Waals surface area contributed by atoms with Crippen molar-refractivity contribution in [3.05, 3.63) is 97.1 Å². The van der Waals surface area contributed by atoms with Gasteiger partial charge in [-0.25, -0.2) is 43.2 Å². The zero-order valence-corrected chi connectivity index (χ0v) is 33.8. The highest BCUT2D eigenvalue weighted by molar-refractivity contribution is 8.44. The van der Waals surface area contributed by atoms with E-state index in [1.807, 2.05) is 0 Å². The number of alkyl halides is 2. The van der Waals surface area contributed by atoms with Crippen molar-refractivity contribution in [2.45, 2.75) is 49.2 Å². The number of rotatable bonds is 6. The van der Waals surface area contributed by atoms with Gasteiger partial charge < -0.3 is 29.5 Å². The Hall–Kier alpha value is -4.71. The van der Waals surface area contributed by atoms with E-state index in [2.05, 4.69) is 52.8 Å². The molecule has 7 heterocycles. The number of amides is 2. The van der Waals surface area contributed by atoms with Crippen LogP contribution in [0.2, 0.25) is 0 Å². The average molecular weight is 903 g/mol. The topological polar surface area (TPSA) is 238 Å². The fraction of sp³-hybridized carbons (Fsp3) is 0.294. The fourth-order valence-electron chi connectivity index (χ4n) is 6.86. The lowest BCUT2D eigenvalue weighted by molar-refractivity contribution is -0.0564. The Balaban J connectivity index is 0.938. The summed E-state index contributed by atoms with van der Waals surface area (Å²) in [5, 5.41) is 5.32. The zero-order chi connectivity index (χ0) is 41.8. The Morgan fingerprint density at radius 3 is 1.65 bits per heavy atom. The molecule has 3 aliphatic heterocycles. The molecular weight excluding hydrogens is 873 g/mol. The van der Waals surface area contributed by atoms with Crippen molar-refractivity contribution in [3.63, 3.8) is 0 Å². The summed E-state index contributed by atoms with van der Waals surface area (Å²) in [6, 6.07) is 16.7. The van der Waals surface area contributed by atoms with E-state index in [-0.39, 0.29) is 34.0 Å². The summed E-state index contributed by atoms with van der Waals surface area (Å²) in [5.41, 5.74) is 1.01. The molecular formula is C34H30F2N10O10P2S2. The minimum Gasteiger partial charge on any atom is -0.346 e. The van der Waals surface area contributed by atoms with Gasteiger partial charge in [0.2, 0.25) is 0 Å². The molecule has 0 saturated carbocycles. The molecule has 3 aliphatic rings. The Kier molecular flexibility index (Phi) is 11.0. The van der Waals surface area contributed by atoms with Gasteiger partial charge in [-0.15, -0.1) is 0 Å². The van der Waals surface area contributed by atoms with Crippen molar-refractivity contribution < 1.29 is 55.4 Å². The van der Waals surface area contributed by atoms with Gasteiger partial charge in [0.25, 0.3) is 11.8 Å². The molecule has 3 N–H and O–H groups in total. The molecule has 6 aromatic rings. The first kappa shape index (κ1) is 40.7. The van der Waals surface area contributed by atoms with Crippen molar-refractivity contribution in [1.29, 1.82) is 0 Å². The number of hydrogen-bond donors (Lipinski definition) is 4. The third kappa shape index (κ3) is 7.96. The average Bonchev–Trinajstić information content (AvgIpc) is 4.01. The lowest BCUT2D eigenvalue weighted by Gasteiger charge is -2.29. The summed E-state index contributed by atoms with van der Waals surface area (Å²) in [6.07, 6.45) is -8.89. The van der Waals surface area contributed by atoms with Crippen LogP contribution in [0.1, 0.15) is 33.2 Å². The van der Waals surface area contributed by atoms with Crippen LogP contribution in [0.25, 0.3) is 22.3 Å². The second-order valence-corrected chi connectivity index (χ2v) is 19.1. The van der Waals surface area contributed by atoms with Crippen molar-refractivity contribution in [3.8, 4) is 0 Å². The first-order chi connectivity index (χ1) is 28.9. The van der Waals surface area contributed by atoms with Crippen LogP contribution < -0.4 is 10.6 Å². The number of thiol groups is 1. The number of ether oxygens (including phenoxy) is 2. The Bertz CT molecular complexity index is 2510. The number of imidazole rings is 2. The third-order valence-electron chi connectivity index (χ3n) is 9.65. The normalized spacial score (nSPS) is 30.9. The van der Waals surface area contributed by atoms with Gasteiger partial charge in [0.1, 0.15) is 37.1 Å². The molecule has 3 saturated heterocycles. The molecule has 0 aliphatic carbocycles. The van der Waals surface area contributed by atoms with Gasteiger partial charge in [-0.1, -0.05) is 48.6 Å². The fourth-order valence-corrected chi connectivity index (χ4v) is 9.78. The smallest absolute Gasteiger partial charge is 0.346 e. The van der Waals surface area contributed by atoms with Gasteiger partial charge in [0.15, 0.2) is 58.8 Å². The lowest BCUT2D eigenvalue weighted by atomic mass is 10.1. The van der Waals surface area contributed by atoms with Crippen LogP contribution in [0.4, 0.5) is 20.4 Å². The van der Waals surface area contributed by atoms with Gasteiger partial charge in [-0.2, -0.15) is 0 Å². The Morgan fingerprint density at radius 1 is 0.717 bits per heavy atom. The molecule has 3 unspecified atom stereocenters. The summed E-state index contributed by atoms with van der Waals surface area (Å²) in [5.74, 6) is -0.887. The predicted molar refractivity (Wildman–Crippen MR) is 212 cm³/mol. The highest BCUT2D eigenvalue weighted by Gasteiger charge is 2.54. The highest BCUT2D eigenvalue weighted by Crippen LogP contribution is 2.58. The van der Waals surface area contributed by atoms with Crippen LogP contribution in [0.5, 0.6) is 0 Å². The van der Waals surface area contributed by atoms with E-state index < -0.39 is 87.8 Å². The molecule has 3 fully saturated rings. The number of fused-ring (bicyclic) bond motifs is 4. The second-order valence-electron chi connectivity index (χ2n) is 13.4. The molecule has 0 radical (unpaired) electrons. The van der Waals surface area contributed by atoms with Gasteiger partial charge in [0, 0.05) is 11.1 Å². The molecule has 2 amide bonds. The van der Waals surface area contributed by atoms with Crippen LogP contribution in [-0.4, -0.2) is 106 Å². The van der Waals surface area contributed by atoms with E-state index in [1.54, 1.807) is 60.7 Å². The molecule has 9 rings (SSSR count). The molecule has 0 spiro atoms. The molecule has 2 aromatic carbocycles. The molecule has 20 nitrogen and oxygen atoms in total. The number of hydrogen-bond acceptors (Lipinski definition) is 16. The lowest BCUT2D eigenvalue weighted by Crippen LogP contribution is -2.37. The molecule has 10 atom stereocenters. The molecule has 0 bridgehead atoms. The number of carbonyl (C=O) groups excluding carboxylic acids is 2. The van der Waals surface area contributed by atoms with E-state index in [0.29, 0.717) is 11.1 Å². The number of nitrogens with one attached hydrogen (secondary N) is 2. The number of benzene rings is 2. The molecule has 60 heavy (non-hydrogen) atoms. The van der Waals surface area contributed by atoms with E-state index in [9.17, 15) is 19.0 Å². The number of anilines is 2. The summed E-state index contributed by atoms with van der Waals surface area (Å²) in [4.78, 5) is 62.1. The first-order valence-corrected chi connectivity index (χ1v) is 23.1. The largest absolute Gasteiger partial charge is 0.386 e. The summed E-state index contributed by atoms with van der Waals surface area (Å²) < 4.78 is 83.5. The minimum atomic E-state index is -4.51. The zero-order valence-electron chi connectivity index (χ0n) is 30.3. The number of nitrogens with zero attached hydrogens (tertiary/aromatic N) is 8. The van der Waals surface area contributed by atoms with Gasteiger partial charge in [0.05, 0.1) is 25.9 Å². The van der Waals surface area contributed by atoms with Crippen molar-refractivity contribution >= 4 is 83.3 Å². The monoisotopic (exact) mass is 902 g/mol. The quantitative estimate of drug-likeness (QED) is 0.131. The Morgan fingerprint density at radius 2 is 1.17 bits per heavy atom. The maximum absolute atomic E-state index is 16.5. The summed E-state index contributed by atoms with van der Waals surface area (Å²) in [6.45, 7) is -10.3. The second kappa shape index (κ2) is 16.3. The van der Waals surface area contributed by atoms with Crippen molar-refractivity contribution in [1.82, 2.24) is 39.0 Å². The van der Waals surface area contributed by atoms with Gasteiger partial charge in [-0.05, 0) is 36.1 Å². The third-order valence-corrected chi connectivity index (χ3v) is 12.8. The van der Waals surface area contributed by atoms with Crippen LogP contribution in [-0.2, 0) is 43.9 Å². The Labute approximate surface area is 346 Å². The van der Waals surface area contributed by atoms with Crippen LogP contribution in [0.15, 0.2) is 86.0 Å². The van der Waals surface area contributed by atoms with Gasteiger partial charge >= 0.3 is 13.5 Å². The maximum atomic E-state index is 16.5. The summed E-state index contributed by atoms with van der Waals surface area (Å²) >= 11 is 9.33. The number of carbonyl (C=O) groups is 2. The number of halogens is 2. The summed E-state index contributed by atoms with van der Waals surface area (Å²) in [7, 11) is 0. The first-order valence-electron chi connectivity index (χ1n) is 17.8. The standard InChI is InChI=1S/C34H30F2N10O10P2S2/c35-21-25-19(53-33(21)45-15-41-23-27(37-13-39-29(23)45)43-31(47)17-7-3-1-4-8-17)11-51-58(50,60)56-26-20(12-52-57(49,59)55-25)54-34(22(26)36)46-16-42-24-28(38-14-40-30(24)46)44-32(48)18-9-5-2-6-10-18/h1-10,13-16,19-22,25-26,33-34H,11-12H2,(H,49,59)(H,50,60)(H,37,39,43,47)(H,38,40,44,48)/t19-,20?,21-,22-,25-,26-,33-,34-,57?,58?/m1/s1. The highest BCUT2D eigenvalue weighted by atomic mass is 32.7. The van der Waals surface area contributed by atoms with Crippen molar-refractivity contribution in [2.75, 3.05) is 23.8 Å². The van der Waals surface area contributed by atoms with E-state index in [0.717, 1.165) is 12.7 Å². The predicted octanol–water partition coefficient (Wildman–Crippen LogP) is 4.71. The number of aromatic nitrogens is 8. The molecule has 312 valence electrons. The SMILES string of the molecule is O=C(Nc1ncnc2c1ncn2[C@@H]1O[C@@H]2COP(O)(=S)O[C@@H]3C(COP(=O)(S)O[C@H]2[C@H]1F)O[C@@H](n1cnc2c(NC(=O)c4ccccc4)ncnc21)[C@@H]3F)c1ccccc1. The van der Waals surface area contributed by atoms with E-state index in [4.69, 9.17) is 39.4 Å². The van der Waals surface area contributed by atoms with Crippen LogP contribution >= 0.6 is 25.8 Å². The van der Waals surface area contributed by atoms with E-state index >= 15 is 8.78 Å². The van der Waals surface area contributed by atoms with Crippen LogP contribution in [0.3, 0.4) is 0 Å². The van der Waals surface area contributed by atoms with Gasteiger partial charge in [-0.3, -0.25) is 32.3 Å². The minimum absolute atomic E-state index is 0.0335.